The van der Waals surface area contributed by atoms with E-state index in [0.29, 0.717) is 5.56 Å². The van der Waals surface area contributed by atoms with E-state index in [-0.39, 0.29) is 33.8 Å². The summed E-state index contributed by atoms with van der Waals surface area (Å²) in [6.07, 6.45) is 1.30. The molecule has 0 aliphatic heterocycles. The fourth-order valence-corrected chi connectivity index (χ4v) is 2.11. The lowest BCUT2D eigenvalue weighted by Crippen LogP contribution is -2.23. The van der Waals surface area contributed by atoms with Crippen molar-refractivity contribution in [1.82, 2.24) is 10.3 Å². The highest BCUT2D eigenvalue weighted by atomic mass is 35.5. The highest BCUT2D eigenvalue weighted by molar-refractivity contribution is 6.41. The maximum Gasteiger partial charge on any atom is 0.387 e. The Hall–Kier alpha value is -2.12. The molecule has 0 fully saturated rings. The van der Waals surface area contributed by atoms with Crippen LogP contribution in [-0.2, 0) is 6.54 Å². The van der Waals surface area contributed by atoms with Gasteiger partial charge in [0, 0.05) is 12.7 Å². The minimum atomic E-state index is -2.95. The third-order valence-corrected chi connectivity index (χ3v) is 3.64. The van der Waals surface area contributed by atoms with E-state index in [2.05, 4.69) is 15.0 Å². The van der Waals surface area contributed by atoms with E-state index in [1.165, 1.54) is 37.6 Å². The van der Waals surface area contributed by atoms with Crippen molar-refractivity contribution in [2.45, 2.75) is 13.2 Å². The van der Waals surface area contributed by atoms with E-state index < -0.39 is 12.5 Å². The van der Waals surface area contributed by atoms with Crippen molar-refractivity contribution in [1.29, 1.82) is 0 Å². The van der Waals surface area contributed by atoms with Crippen molar-refractivity contribution in [3.63, 3.8) is 0 Å². The monoisotopic (exact) mass is 376 g/mol. The standard InChI is InChI=1S/C15H12Cl2F2N2O3/c1-23-12-4-8(2-3-11(12)24-15(18)19)6-21-14(22)9-5-10(16)13(17)20-7-9/h2-5,7,15H,6H2,1H3,(H,21,22). The first-order valence-corrected chi connectivity index (χ1v) is 7.37. The van der Waals surface area contributed by atoms with Crippen molar-refractivity contribution in [3.8, 4) is 11.5 Å². The van der Waals surface area contributed by atoms with Gasteiger partial charge in [-0.15, -0.1) is 0 Å². The van der Waals surface area contributed by atoms with Gasteiger partial charge in [-0.3, -0.25) is 4.79 Å². The number of carbonyl (C=O) groups excluding carboxylic acids is 1. The zero-order valence-corrected chi connectivity index (χ0v) is 13.9. The number of ether oxygens (including phenoxy) is 2. The number of aromatic nitrogens is 1. The number of benzene rings is 1. The lowest BCUT2D eigenvalue weighted by Gasteiger charge is -2.12. The van der Waals surface area contributed by atoms with Crippen LogP contribution in [0.25, 0.3) is 0 Å². The molecule has 0 aliphatic rings. The van der Waals surface area contributed by atoms with Gasteiger partial charge in [0.1, 0.15) is 5.15 Å². The van der Waals surface area contributed by atoms with E-state index in [1.54, 1.807) is 0 Å². The molecule has 0 atom stereocenters. The lowest BCUT2D eigenvalue weighted by molar-refractivity contribution is -0.0512. The number of nitrogens with zero attached hydrogens (tertiary/aromatic N) is 1. The smallest absolute Gasteiger partial charge is 0.387 e. The SMILES string of the molecule is COc1cc(CNC(=O)c2cnc(Cl)c(Cl)c2)ccc1OC(F)F. The van der Waals surface area contributed by atoms with Gasteiger partial charge in [-0.2, -0.15) is 8.78 Å². The van der Waals surface area contributed by atoms with Crippen molar-refractivity contribution < 1.29 is 23.0 Å². The predicted octanol–water partition coefficient (Wildman–Crippen LogP) is 3.93. The number of hydrogen-bond acceptors (Lipinski definition) is 4. The average molecular weight is 377 g/mol. The zero-order chi connectivity index (χ0) is 17.7. The molecule has 0 bridgehead atoms. The van der Waals surface area contributed by atoms with Crippen LogP contribution < -0.4 is 14.8 Å². The van der Waals surface area contributed by atoms with Gasteiger partial charge in [-0.25, -0.2) is 4.98 Å². The summed E-state index contributed by atoms with van der Waals surface area (Å²) in [5.74, 6) is -0.359. The van der Waals surface area contributed by atoms with Gasteiger partial charge in [-0.05, 0) is 23.8 Å². The Labute approximate surface area is 146 Å². The predicted molar refractivity (Wildman–Crippen MR) is 85.1 cm³/mol. The number of methoxy groups -OCH3 is 1. The number of carbonyl (C=O) groups is 1. The largest absolute Gasteiger partial charge is 0.493 e. The van der Waals surface area contributed by atoms with Crippen LogP contribution in [0.1, 0.15) is 15.9 Å². The van der Waals surface area contributed by atoms with Gasteiger partial charge in [0.05, 0.1) is 17.7 Å². The van der Waals surface area contributed by atoms with Crippen LogP contribution in [0.3, 0.4) is 0 Å². The average Bonchev–Trinajstić information content (AvgIpc) is 2.55. The highest BCUT2D eigenvalue weighted by Crippen LogP contribution is 2.29. The zero-order valence-electron chi connectivity index (χ0n) is 12.4. The molecule has 0 unspecified atom stereocenters. The van der Waals surface area contributed by atoms with Crippen LogP contribution in [0.5, 0.6) is 11.5 Å². The molecule has 1 amide bonds. The van der Waals surface area contributed by atoms with Gasteiger partial charge < -0.3 is 14.8 Å². The third kappa shape index (κ3) is 4.69. The Morgan fingerprint density at radius 1 is 1.29 bits per heavy atom. The maximum atomic E-state index is 12.3. The van der Waals surface area contributed by atoms with Gasteiger partial charge >= 0.3 is 6.61 Å². The summed E-state index contributed by atoms with van der Waals surface area (Å²) in [5.41, 5.74) is 0.879. The minimum Gasteiger partial charge on any atom is -0.493 e. The number of rotatable bonds is 6. The van der Waals surface area contributed by atoms with Gasteiger partial charge in [0.15, 0.2) is 11.5 Å². The van der Waals surface area contributed by atoms with E-state index in [4.69, 9.17) is 27.9 Å². The first-order chi connectivity index (χ1) is 11.4. The fourth-order valence-electron chi connectivity index (χ4n) is 1.85. The molecule has 0 aliphatic carbocycles. The van der Waals surface area contributed by atoms with Crippen LogP contribution in [0.2, 0.25) is 10.2 Å². The number of alkyl halides is 2. The molecule has 5 nitrogen and oxygen atoms in total. The second-order valence-electron chi connectivity index (χ2n) is 4.54. The summed E-state index contributed by atoms with van der Waals surface area (Å²) in [7, 11) is 1.33. The number of halogens is 4. The Balaban J connectivity index is 2.05. The summed E-state index contributed by atoms with van der Waals surface area (Å²) < 4.78 is 33.9. The quantitative estimate of drug-likeness (QED) is 0.775. The molecule has 1 aromatic heterocycles. The molecular weight excluding hydrogens is 365 g/mol. The molecular formula is C15H12Cl2F2N2O3. The summed E-state index contributed by atoms with van der Waals surface area (Å²) in [5, 5.41) is 2.92. The number of amides is 1. The minimum absolute atomic E-state index is 0.0868. The van der Waals surface area contributed by atoms with Crippen molar-refractivity contribution in [2.24, 2.45) is 0 Å². The third-order valence-electron chi connectivity index (χ3n) is 2.96. The maximum absolute atomic E-state index is 12.3. The molecule has 2 aromatic rings. The molecule has 1 N–H and O–H groups in total. The Morgan fingerprint density at radius 3 is 2.67 bits per heavy atom. The normalized spacial score (nSPS) is 10.6. The van der Waals surface area contributed by atoms with E-state index in [0.717, 1.165) is 0 Å². The second-order valence-corrected chi connectivity index (χ2v) is 5.31. The highest BCUT2D eigenvalue weighted by Gasteiger charge is 2.12. The second kappa shape index (κ2) is 8.12. The van der Waals surface area contributed by atoms with Gasteiger partial charge in [0.25, 0.3) is 5.91 Å². The molecule has 0 radical (unpaired) electrons. The van der Waals surface area contributed by atoms with Gasteiger partial charge in [0.2, 0.25) is 0 Å². The number of pyridine rings is 1. The van der Waals surface area contributed by atoms with Crippen molar-refractivity contribution in [3.05, 3.63) is 51.8 Å². The molecule has 9 heteroatoms. The first-order valence-electron chi connectivity index (χ1n) is 6.61. The molecule has 24 heavy (non-hydrogen) atoms. The molecule has 1 aromatic carbocycles. The lowest BCUT2D eigenvalue weighted by atomic mass is 10.2. The molecule has 0 saturated carbocycles. The molecule has 1 heterocycles. The van der Waals surface area contributed by atoms with Crippen LogP contribution in [-0.4, -0.2) is 24.6 Å². The summed E-state index contributed by atoms with van der Waals surface area (Å²) in [6, 6.07) is 5.76. The number of nitrogens with one attached hydrogen (secondary N) is 1. The van der Waals surface area contributed by atoms with E-state index >= 15 is 0 Å². The van der Waals surface area contributed by atoms with Crippen molar-refractivity contribution >= 4 is 29.1 Å². The Kier molecular flexibility index (Phi) is 6.16. The molecule has 2 rings (SSSR count). The van der Waals surface area contributed by atoms with Crippen LogP contribution in [0, 0.1) is 0 Å². The molecule has 0 spiro atoms. The first kappa shape index (κ1) is 18.2. The topological polar surface area (TPSA) is 60.5 Å². The fraction of sp³-hybridized carbons (Fsp3) is 0.200. The molecule has 0 saturated heterocycles. The van der Waals surface area contributed by atoms with Crippen LogP contribution in [0.4, 0.5) is 8.78 Å². The molecule has 128 valence electrons. The summed E-state index contributed by atoms with van der Waals surface area (Å²) in [6.45, 7) is -2.81. The summed E-state index contributed by atoms with van der Waals surface area (Å²) >= 11 is 11.5. The van der Waals surface area contributed by atoms with Crippen molar-refractivity contribution in [2.75, 3.05) is 7.11 Å². The Bertz CT molecular complexity index is 745. The number of hydrogen-bond donors (Lipinski definition) is 1. The van der Waals surface area contributed by atoms with Crippen LogP contribution in [0.15, 0.2) is 30.5 Å². The van der Waals surface area contributed by atoms with Gasteiger partial charge in [-0.1, -0.05) is 29.3 Å². The van der Waals surface area contributed by atoms with E-state index in [9.17, 15) is 13.6 Å². The summed E-state index contributed by atoms with van der Waals surface area (Å²) in [4.78, 5) is 15.8. The van der Waals surface area contributed by atoms with Crippen LogP contribution >= 0.6 is 23.2 Å². The van der Waals surface area contributed by atoms with E-state index in [1.807, 2.05) is 0 Å². The Morgan fingerprint density at radius 2 is 2.04 bits per heavy atom.